The number of carbonyl (C=O) groups excluding carboxylic acids is 3. The summed E-state index contributed by atoms with van der Waals surface area (Å²) in [6, 6.07) is 6.60. The molecule has 3 rings (SSSR count). The third-order valence-electron chi connectivity index (χ3n) is 12.3. The summed E-state index contributed by atoms with van der Waals surface area (Å²) in [5.74, 6) is -1.50. The van der Waals surface area contributed by atoms with Crippen LogP contribution in [-0.2, 0) is 34.6 Å². The highest BCUT2D eigenvalue weighted by atomic mass is 16.6. The minimum Gasteiger partial charge on any atom is -0.465 e. The molecule has 0 aromatic heterocycles. The molecule has 0 N–H and O–H groups in total. The highest BCUT2D eigenvalue weighted by Gasteiger charge is 2.32. The van der Waals surface area contributed by atoms with E-state index < -0.39 is 11.9 Å². The molecule has 0 bridgehead atoms. The van der Waals surface area contributed by atoms with Gasteiger partial charge >= 0.3 is 17.9 Å². The minimum atomic E-state index is -0.459. The summed E-state index contributed by atoms with van der Waals surface area (Å²) in [6.07, 6.45) is 27.2. The van der Waals surface area contributed by atoms with Crippen LogP contribution in [0.5, 0.6) is 0 Å². The van der Waals surface area contributed by atoms with Crippen LogP contribution < -0.4 is 0 Å². The second-order valence-corrected chi connectivity index (χ2v) is 19.4. The van der Waals surface area contributed by atoms with Crippen molar-refractivity contribution in [3.05, 3.63) is 59.2 Å². The van der Waals surface area contributed by atoms with Gasteiger partial charge in [0.25, 0.3) is 0 Å². The Morgan fingerprint density at radius 1 is 0.661 bits per heavy atom. The molecular formula is C51H84N2O6. The molecule has 2 fully saturated rings. The predicted octanol–water partition coefficient (Wildman–Crippen LogP) is 11.5. The van der Waals surface area contributed by atoms with Gasteiger partial charge in [0.2, 0.25) is 0 Å². The third kappa shape index (κ3) is 20.0. The molecule has 334 valence electrons. The lowest BCUT2D eigenvalue weighted by Crippen LogP contribution is -2.48. The molecule has 2 heterocycles. The van der Waals surface area contributed by atoms with Crippen molar-refractivity contribution in [3.8, 4) is 0 Å². The Hall–Kier alpha value is -2.97. The van der Waals surface area contributed by atoms with Gasteiger partial charge in [-0.2, -0.15) is 0 Å². The van der Waals surface area contributed by atoms with Gasteiger partial charge in [0.1, 0.15) is 19.8 Å². The number of carbonyl (C=O) groups is 3. The highest BCUT2D eigenvalue weighted by Crippen LogP contribution is 2.31. The van der Waals surface area contributed by atoms with Crippen LogP contribution in [0.4, 0.5) is 0 Å². The largest absolute Gasteiger partial charge is 0.465 e. The standard InChI is InChI=1S/C51H84N2O6/c1-9-11-12-13-14-15-16-17-18-19-20-21-22-23-24-25-26-47(54)57-38-41(40-59-49(56)43-35-44(50(3,4)5)37-45(36-43)51(6,7)8)39-58-48(55)42-27-33-53(34-28-42)46-29-31-52(10-2)32-30-46/h14-15,17-18,35-37,41-42,46H,9-13,16,19-34,38-40H2,1-8H3/b15-14-,18-17-. The maximum absolute atomic E-state index is 13.6. The van der Waals surface area contributed by atoms with E-state index in [0.29, 0.717) is 18.0 Å². The van der Waals surface area contributed by atoms with Crippen molar-refractivity contribution >= 4 is 17.9 Å². The van der Waals surface area contributed by atoms with Crippen molar-refractivity contribution in [1.82, 2.24) is 9.80 Å². The quantitative estimate of drug-likeness (QED) is 0.0417. The zero-order valence-corrected chi connectivity index (χ0v) is 38.8. The maximum atomic E-state index is 13.6. The Labute approximate surface area is 360 Å². The van der Waals surface area contributed by atoms with Crippen molar-refractivity contribution in [2.75, 3.05) is 52.5 Å². The Bertz CT molecular complexity index is 1390. The zero-order valence-electron chi connectivity index (χ0n) is 38.8. The summed E-state index contributed by atoms with van der Waals surface area (Å²) in [6.45, 7) is 22.6. The summed E-state index contributed by atoms with van der Waals surface area (Å²) in [5, 5.41) is 0. The van der Waals surface area contributed by atoms with E-state index in [1.54, 1.807) is 0 Å². The number of hydrogen-bond acceptors (Lipinski definition) is 8. The van der Waals surface area contributed by atoms with Crippen molar-refractivity contribution in [2.45, 2.75) is 181 Å². The molecule has 0 aliphatic carbocycles. The van der Waals surface area contributed by atoms with Gasteiger partial charge in [-0.3, -0.25) is 9.59 Å². The molecule has 1 atom stereocenters. The van der Waals surface area contributed by atoms with Gasteiger partial charge in [-0.1, -0.05) is 124 Å². The average Bonchev–Trinajstić information content (AvgIpc) is 3.22. The molecule has 8 heteroatoms. The lowest BCUT2D eigenvalue weighted by Gasteiger charge is -2.41. The number of unbranched alkanes of at least 4 members (excludes halogenated alkanes) is 9. The summed E-state index contributed by atoms with van der Waals surface area (Å²) in [5.41, 5.74) is 2.34. The normalized spacial score (nSPS) is 17.2. The lowest BCUT2D eigenvalue weighted by atomic mass is 9.79. The first-order valence-electron chi connectivity index (χ1n) is 23.6. The molecule has 1 unspecified atom stereocenters. The first kappa shape index (κ1) is 50.4. The fourth-order valence-corrected chi connectivity index (χ4v) is 7.99. The Balaban J connectivity index is 1.46. The topological polar surface area (TPSA) is 85.4 Å². The van der Waals surface area contributed by atoms with E-state index in [4.69, 9.17) is 14.2 Å². The number of benzene rings is 1. The number of ether oxygens (including phenoxy) is 3. The van der Waals surface area contributed by atoms with Crippen molar-refractivity contribution < 1.29 is 28.6 Å². The van der Waals surface area contributed by atoms with Crippen molar-refractivity contribution in [2.24, 2.45) is 11.8 Å². The van der Waals surface area contributed by atoms with Gasteiger partial charge < -0.3 is 24.0 Å². The molecular weight excluding hydrogens is 737 g/mol. The molecule has 59 heavy (non-hydrogen) atoms. The monoisotopic (exact) mass is 821 g/mol. The molecule has 1 aromatic rings. The molecule has 0 saturated carbocycles. The van der Waals surface area contributed by atoms with Gasteiger partial charge in [-0.05, 0) is 131 Å². The molecule has 1 aromatic carbocycles. The fourth-order valence-electron chi connectivity index (χ4n) is 7.99. The molecule has 8 nitrogen and oxygen atoms in total. The van der Waals surface area contributed by atoms with E-state index in [1.807, 2.05) is 12.1 Å². The maximum Gasteiger partial charge on any atom is 0.338 e. The zero-order chi connectivity index (χ0) is 43.1. The van der Waals surface area contributed by atoms with Crippen LogP contribution in [0.15, 0.2) is 42.5 Å². The number of esters is 3. The van der Waals surface area contributed by atoms with Crippen LogP contribution in [0.2, 0.25) is 0 Å². The van der Waals surface area contributed by atoms with Crippen molar-refractivity contribution in [3.63, 3.8) is 0 Å². The van der Waals surface area contributed by atoms with Crippen LogP contribution in [-0.4, -0.2) is 86.3 Å². The van der Waals surface area contributed by atoms with Gasteiger partial charge in [-0.25, -0.2) is 4.79 Å². The molecule has 0 radical (unpaired) electrons. The number of rotatable bonds is 25. The Kier molecular flexibility index (Phi) is 23.1. The molecule has 2 saturated heterocycles. The van der Waals surface area contributed by atoms with Gasteiger partial charge in [0.05, 0.1) is 17.4 Å². The number of piperidine rings is 2. The van der Waals surface area contributed by atoms with E-state index in [-0.39, 0.29) is 48.5 Å². The number of allylic oxidation sites excluding steroid dienone is 4. The van der Waals surface area contributed by atoms with Crippen LogP contribution >= 0.6 is 0 Å². The second kappa shape index (κ2) is 27.1. The summed E-state index contributed by atoms with van der Waals surface area (Å²) in [7, 11) is 0. The smallest absolute Gasteiger partial charge is 0.338 e. The number of nitrogens with zero attached hydrogens (tertiary/aromatic N) is 2. The third-order valence-corrected chi connectivity index (χ3v) is 12.3. The van der Waals surface area contributed by atoms with Crippen LogP contribution in [0.25, 0.3) is 0 Å². The number of likely N-dealkylation sites (tertiary alicyclic amines) is 2. The predicted molar refractivity (Wildman–Crippen MR) is 243 cm³/mol. The average molecular weight is 821 g/mol. The molecule has 2 aliphatic heterocycles. The van der Waals surface area contributed by atoms with Crippen LogP contribution in [0, 0.1) is 11.8 Å². The minimum absolute atomic E-state index is 0.0101. The first-order chi connectivity index (χ1) is 28.2. The first-order valence-corrected chi connectivity index (χ1v) is 23.6. The molecule has 0 spiro atoms. The lowest BCUT2D eigenvalue weighted by molar-refractivity contribution is -0.154. The van der Waals surface area contributed by atoms with E-state index in [1.165, 1.54) is 57.8 Å². The Morgan fingerprint density at radius 2 is 1.20 bits per heavy atom. The number of hydrogen-bond donors (Lipinski definition) is 0. The van der Waals surface area contributed by atoms with Gasteiger partial charge in [0, 0.05) is 12.5 Å². The van der Waals surface area contributed by atoms with Gasteiger partial charge in [0.15, 0.2) is 0 Å². The van der Waals surface area contributed by atoms with E-state index >= 15 is 0 Å². The SMILES string of the molecule is CCCCC/C=C\C/C=C\CCCCCCCCC(=O)OCC(COC(=O)c1cc(C(C)(C)C)cc(C(C)(C)C)c1)COC(=O)C1CCN(C2CCN(CC)CC2)CC1. The van der Waals surface area contributed by atoms with E-state index in [0.717, 1.165) is 88.8 Å². The Morgan fingerprint density at radius 3 is 1.78 bits per heavy atom. The van der Waals surface area contributed by atoms with Gasteiger partial charge in [-0.15, -0.1) is 0 Å². The fraction of sp³-hybridized carbons (Fsp3) is 0.745. The van der Waals surface area contributed by atoms with Crippen molar-refractivity contribution in [1.29, 1.82) is 0 Å². The van der Waals surface area contributed by atoms with E-state index in [2.05, 4.69) is 95.6 Å². The summed E-state index contributed by atoms with van der Waals surface area (Å²) >= 11 is 0. The summed E-state index contributed by atoms with van der Waals surface area (Å²) in [4.78, 5) is 44.8. The van der Waals surface area contributed by atoms with E-state index in [9.17, 15) is 14.4 Å². The second-order valence-electron chi connectivity index (χ2n) is 19.4. The van der Waals surface area contributed by atoms with Crippen LogP contribution in [0.1, 0.15) is 186 Å². The van der Waals surface area contributed by atoms with Crippen LogP contribution in [0.3, 0.4) is 0 Å². The summed E-state index contributed by atoms with van der Waals surface area (Å²) < 4.78 is 17.5. The highest BCUT2D eigenvalue weighted by molar-refractivity contribution is 5.90. The molecule has 2 aliphatic rings. The molecule has 0 amide bonds.